The number of carbonyl (C=O) groups excluding carboxylic acids is 1. The van der Waals surface area contributed by atoms with Gasteiger partial charge in [-0.3, -0.25) is 9.79 Å². The summed E-state index contributed by atoms with van der Waals surface area (Å²) in [5, 5.41) is 10.1. The lowest BCUT2D eigenvalue weighted by Gasteiger charge is -2.40. The van der Waals surface area contributed by atoms with E-state index in [4.69, 9.17) is 4.99 Å². The van der Waals surface area contributed by atoms with Gasteiger partial charge in [0.25, 0.3) is 0 Å². The van der Waals surface area contributed by atoms with Gasteiger partial charge in [-0.05, 0) is 50.7 Å². The van der Waals surface area contributed by atoms with Crippen LogP contribution in [0.15, 0.2) is 35.3 Å². The molecule has 1 amide bonds. The van der Waals surface area contributed by atoms with E-state index in [0.29, 0.717) is 24.3 Å². The molecule has 0 radical (unpaired) electrons. The molecule has 0 spiro atoms. The number of carbonyl (C=O) groups is 1. The number of phenolic OH excluding ortho intramolecular Hbond substituents is 1. The summed E-state index contributed by atoms with van der Waals surface area (Å²) in [7, 11) is 0. The Kier molecular flexibility index (Phi) is 8.24. The zero-order valence-electron chi connectivity index (χ0n) is 19.4. The summed E-state index contributed by atoms with van der Waals surface area (Å²) in [6.45, 7) is 1.63. The van der Waals surface area contributed by atoms with E-state index >= 15 is 0 Å². The monoisotopic (exact) mass is 437 g/mol. The molecule has 3 aliphatic rings. The molecule has 2 saturated carbocycles. The molecule has 32 heavy (non-hydrogen) atoms. The molecule has 0 bridgehead atoms. The first-order valence-corrected chi connectivity index (χ1v) is 12.8. The molecule has 1 aromatic rings. The predicted molar refractivity (Wildman–Crippen MR) is 131 cm³/mol. The number of aromatic hydroxyl groups is 1. The third-order valence-electron chi connectivity index (χ3n) is 7.31. The molecule has 4 rings (SSSR count). The fourth-order valence-corrected chi connectivity index (χ4v) is 5.42. The molecule has 1 aliphatic heterocycles. The second-order valence-corrected chi connectivity index (χ2v) is 9.69. The van der Waals surface area contributed by atoms with Gasteiger partial charge in [-0.1, -0.05) is 56.7 Å². The maximum absolute atomic E-state index is 13.4. The lowest BCUT2D eigenvalue weighted by molar-refractivity contribution is -0.130. The third-order valence-corrected chi connectivity index (χ3v) is 7.31. The van der Waals surface area contributed by atoms with Gasteiger partial charge in [0.1, 0.15) is 11.6 Å². The van der Waals surface area contributed by atoms with Crippen molar-refractivity contribution in [3.05, 3.63) is 35.9 Å². The van der Waals surface area contributed by atoms with E-state index in [2.05, 4.69) is 9.80 Å². The van der Waals surface area contributed by atoms with Crippen LogP contribution in [0.4, 0.5) is 0 Å². The summed E-state index contributed by atoms with van der Waals surface area (Å²) in [4.78, 5) is 23.0. The van der Waals surface area contributed by atoms with Gasteiger partial charge in [0, 0.05) is 30.6 Å². The molecular formula is C27H39N3O2. The largest absolute Gasteiger partial charge is 0.507 e. The SMILES string of the molecule is O=C(/C=C/c1ccccc1O)N(CN1CCCCC1=NC1CCCCC1)C1CCCCC1. The van der Waals surface area contributed by atoms with Crippen molar-refractivity contribution in [2.24, 2.45) is 4.99 Å². The molecule has 174 valence electrons. The Labute approximate surface area is 193 Å². The quantitative estimate of drug-likeness (QED) is 0.577. The van der Waals surface area contributed by atoms with Crippen molar-refractivity contribution in [1.29, 1.82) is 0 Å². The fraction of sp³-hybridized carbons (Fsp3) is 0.630. The van der Waals surface area contributed by atoms with E-state index in [-0.39, 0.29) is 11.7 Å². The number of likely N-dealkylation sites (tertiary alicyclic amines) is 1. The van der Waals surface area contributed by atoms with Crippen LogP contribution < -0.4 is 0 Å². The highest BCUT2D eigenvalue weighted by Crippen LogP contribution is 2.26. The predicted octanol–water partition coefficient (Wildman–Crippen LogP) is 5.74. The number of phenols is 1. The van der Waals surface area contributed by atoms with E-state index in [1.165, 1.54) is 70.0 Å². The lowest BCUT2D eigenvalue weighted by atomic mass is 9.94. The number of hydrogen-bond donors (Lipinski definition) is 1. The van der Waals surface area contributed by atoms with Crippen LogP contribution in [0.3, 0.4) is 0 Å². The van der Waals surface area contributed by atoms with Crippen molar-refractivity contribution in [3.8, 4) is 5.75 Å². The summed E-state index contributed by atoms with van der Waals surface area (Å²) in [6, 6.07) is 7.94. The average molecular weight is 438 g/mol. The first-order valence-electron chi connectivity index (χ1n) is 12.8. The number of aliphatic imine (C=N–C) groups is 1. The van der Waals surface area contributed by atoms with Crippen molar-refractivity contribution in [2.75, 3.05) is 13.2 Å². The van der Waals surface area contributed by atoms with Crippen LogP contribution in [0.5, 0.6) is 5.75 Å². The van der Waals surface area contributed by atoms with Gasteiger partial charge in [0.2, 0.25) is 5.91 Å². The lowest BCUT2D eigenvalue weighted by Crippen LogP contribution is -2.50. The van der Waals surface area contributed by atoms with Crippen LogP contribution in [0, 0.1) is 0 Å². The van der Waals surface area contributed by atoms with Gasteiger partial charge < -0.3 is 14.9 Å². The molecule has 3 fully saturated rings. The Morgan fingerprint density at radius 1 is 1.00 bits per heavy atom. The highest BCUT2D eigenvalue weighted by atomic mass is 16.3. The minimum Gasteiger partial charge on any atom is -0.507 e. The summed E-state index contributed by atoms with van der Waals surface area (Å²) < 4.78 is 0. The van der Waals surface area contributed by atoms with Crippen LogP contribution in [0.25, 0.3) is 6.08 Å². The van der Waals surface area contributed by atoms with Crippen molar-refractivity contribution < 1.29 is 9.90 Å². The standard InChI is InChI=1S/C27H39N3O2/c31-25-16-8-7-11-22(25)18-19-27(32)30(24-14-5-2-6-15-24)21-29-20-10-9-17-26(29)28-23-12-3-1-4-13-23/h7-8,11,16,18-19,23-24,31H,1-6,9-10,12-15,17,20-21H2/b19-18+,28-26?. The molecule has 5 nitrogen and oxygen atoms in total. The maximum Gasteiger partial charge on any atom is 0.248 e. The summed E-state index contributed by atoms with van der Waals surface area (Å²) >= 11 is 0. The Balaban J connectivity index is 1.50. The third kappa shape index (κ3) is 6.14. The second kappa shape index (κ2) is 11.5. The van der Waals surface area contributed by atoms with Crippen molar-refractivity contribution in [1.82, 2.24) is 9.80 Å². The Hall–Kier alpha value is -2.30. The van der Waals surface area contributed by atoms with E-state index in [0.717, 1.165) is 25.8 Å². The van der Waals surface area contributed by atoms with Crippen LogP contribution in [-0.4, -0.2) is 51.9 Å². The summed E-state index contributed by atoms with van der Waals surface area (Å²) in [6.07, 6.45) is 19.0. The number of hydrogen-bond acceptors (Lipinski definition) is 3. The minimum absolute atomic E-state index is 0.0442. The molecule has 1 aromatic carbocycles. The van der Waals surface area contributed by atoms with Gasteiger partial charge in [0.15, 0.2) is 0 Å². The van der Waals surface area contributed by atoms with Gasteiger partial charge in [-0.2, -0.15) is 0 Å². The number of benzene rings is 1. The van der Waals surface area contributed by atoms with Crippen molar-refractivity contribution in [2.45, 2.75) is 95.6 Å². The number of para-hydroxylation sites is 1. The Morgan fingerprint density at radius 3 is 2.47 bits per heavy atom. The van der Waals surface area contributed by atoms with Crippen molar-refractivity contribution in [3.63, 3.8) is 0 Å². The number of amides is 1. The Bertz CT molecular complexity index is 807. The molecule has 0 aromatic heterocycles. The molecule has 1 saturated heterocycles. The molecule has 0 atom stereocenters. The van der Waals surface area contributed by atoms with Crippen molar-refractivity contribution >= 4 is 17.8 Å². The molecule has 2 aliphatic carbocycles. The van der Waals surface area contributed by atoms with Crippen LogP contribution in [0.1, 0.15) is 89.0 Å². The summed E-state index contributed by atoms with van der Waals surface area (Å²) in [5.74, 6) is 1.47. The van der Waals surface area contributed by atoms with E-state index < -0.39 is 0 Å². The number of amidine groups is 1. The normalized spacial score (nSPS) is 22.5. The van der Waals surface area contributed by atoms with E-state index in [1.54, 1.807) is 24.3 Å². The fourth-order valence-electron chi connectivity index (χ4n) is 5.42. The minimum atomic E-state index is 0.0442. The smallest absolute Gasteiger partial charge is 0.248 e. The molecule has 5 heteroatoms. The highest BCUT2D eigenvalue weighted by molar-refractivity contribution is 5.93. The maximum atomic E-state index is 13.4. The molecule has 1 heterocycles. The first-order chi connectivity index (χ1) is 15.7. The van der Waals surface area contributed by atoms with E-state index in [9.17, 15) is 9.90 Å². The van der Waals surface area contributed by atoms with Crippen LogP contribution in [0.2, 0.25) is 0 Å². The van der Waals surface area contributed by atoms with Gasteiger partial charge >= 0.3 is 0 Å². The number of rotatable bonds is 6. The zero-order chi connectivity index (χ0) is 22.2. The van der Waals surface area contributed by atoms with E-state index in [1.807, 2.05) is 12.1 Å². The van der Waals surface area contributed by atoms with Crippen LogP contribution in [-0.2, 0) is 4.79 Å². The van der Waals surface area contributed by atoms with Gasteiger partial charge in [0.05, 0.1) is 12.7 Å². The number of nitrogens with zero attached hydrogens (tertiary/aromatic N) is 3. The van der Waals surface area contributed by atoms with Gasteiger partial charge in [-0.15, -0.1) is 0 Å². The van der Waals surface area contributed by atoms with Gasteiger partial charge in [-0.25, -0.2) is 0 Å². The first kappa shape index (κ1) is 22.9. The number of piperidine rings is 1. The topological polar surface area (TPSA) is 56.1 Å². The average Bonchev–Trinajstić information content (AvgIpc) is 2.84. The second-order valence-electron chi connectivity index (χ2n) is 9.69. The highest BCUT2D eigenvalue weighted by Gasteiger charge is 2.28. The molecular weight excluding hydrogens is 398 g/mol. The summed E-state index contributed by atoms with van der Waals surface area (Å²) in [5.41, 5.74) is 0.682. The van der Waals surface area contributed by atoms with Crippen LogP contribution >= 0.6 is 0 Å². The Morgan fingerprint density at radius 2 is 1.72 bits per heavy atom. The zero-order valence-corrected chi connectivity index (χ0v) is 19.4. The molecule has 1 N–H and O–H groups in total. The molecule has 0 unspecified atom stereocenters.